The van der Waals surface area contributed by atoms with Crippen LogP contribution in [0.4, 0.5) is 0 Å². The normalized spacial score (nSPS) is 27.3. The lowest BCUT2D eigenvalue weighted by molar-refractivity contribution is 0.0326. The fraction of sp³-hybridized carbons (Fsp3) is 0.889. The summed E-state index contributed by atoms with van der Waals surface area (Å²) in [6.45, 7) is 8.31. The maximum atomic E-state index is 5.44. The molecule has 1 aliphatic carbocycles. The fourth-order valence-electron chi connectivity index (χ4n) is 4.30. The molecule has 0 spiro atoms. The molecule has 3 heterocycles. The first kappa shape index (κ1) is 16.5. The lowest BCUT2D eigenvalue weighted by Crippen LogP contribution is -2.40. The summed E-state index contributed by atoms with van der Waals surface area (Å²) in [6, 6.07) is 0. The Bertz CT molecular complexity index is 536. The van der Waals surface area contributed by atoms with E-state index in [1.54, 1.807) is 0 Å². The molecule has 0 aromatic carbocycles. The second kappa shape index (κ2) is 7.50. The average molecular weight is 333 g/mol. The molecular weight excluding hydrogens is 302 g/mol. The van der Waals surface area contributed by atoms with Gasteiger partial charge in [-0.3, -0.25) is 4.90 Å². The predicted molar refractivity (Wildman–Crippen MR) is 92.9 cm³/mol. The third-order valence-corrected chi connectivity index (χ3v) is 6.08. The molecule has 0 N–H and O–H groups in total. The van der Waals surface area contributed by atoms with Crippen LogP contribution in [0.1, 0.15) is 49.7 Å². The van der Waals surface area contributed by atoms with Crippen LogP contribution in [0.15, 0.2) is 0 Å². The summed E-state index contributed by atoms with van der Waals surface area (Å²) in [5.74, 6) is 3.80. The summed E-state index contributed by atoms with van der Waals surface area (Å²) < 4.78 is 7.69. The van der Waals surface area contributed by atoms with Gasteiger partial charge in [-0.05, 0) is 38.1 Å². The standard InChI is InChI=1S/C18H31N5O/c1-21-17(14-22-8-10-24-11-9-22)19-20-18(21)16-6-3-7-23(13-16)12-15-4-2-5-15/h15-16H,2-14H2,1H3/t16-/m1/s1. The van der Waals surface area contributed by atoms with Crippen molar-refractivity contribution in [1.29, 1.82) is 0 Å². The van der Waals surface area contributed by atoms with Crippen molar-refractivity contribution in [2.24, 2.45) is 13.0 Å². The highest BCUT2D eigenvalue weighted by Crippen LogP contribution is 2.31. The highest BCUT2D eigenvalue weighted by atomic mass is 16.5. The van der Waals surface area contributed by atoms with E-state index >= 15 is 0 Å². The summed E-state index contributed by atoms with van der Waals surface area (Å²) in [7, 11) is 2.15. The maximum Gasteiger partial charge on any atom is 0.146 e. The third kappa shape index (κ3) is 3.65. The van der Waals surface area contributed by atoms with Crippen molar-refractivity contribution < 1.29 is 4.74 Å². The molecule has 6 nitrogen and oxygen atoms in total. The smallest absolute Gasteiger partial charge is 0.146 e. The van der Waals surface area contributed by atoms with Gasteiger partial charge in [0.25, 0.3) is 0 Å². The number of rotatable bonds is 5. The monoisotopic (exact) mass is 333 g/mol. The Hall–Kier alpha value is -0.980. The van der Waals surface area contributed by atoms with Crippen LogP contribution in [0.25, 0.3) is 0 Å². The van der Waals surface area contributed by atoms with E-state index in [2.05, 4.69) is 31.6 Å². The minimum absolute atomic E-state index is 0.551. The van der Waals surface area contributed by atoms with Crippen LogP contribution in [-0.4, -0.2) is 70.5 Å². The van der Waals surface area contributed by atoms with Crippen LogP contribution in [0.5, 0.6) is 0 Å². The van der Waals surface area contributed by atoms with Gasteiger partial charge in [-0.2, -0.15) is 0 Å². The molecule has 1 saturated carbocycles. The van der Waals surface area contributed by atoms with Crippen LogP contribution in [0, 0.1) is 5.92 Å². The van der Waals surface area contributed by atoms with Gasteiger partial charge in [-0.25, -0.2) is 0 Å². The number of likely N-dealkylation sites (tertiary alicyclic amines) is 1. The molecule has 6 heteroatoms. The minimum Gasteiger partial charge on any atom is -0.379 e. The molecule has 3 fully saturated rings. The van der Waals surface area contributed by atoms with Gasteiger partial charge < -0.3 is 14.2 Å². The van der Waals surface area contributed by atoms with Gasteiger partial charge >= 0.3 is 0 Å². The van der Waals surface area contributed by atoms with Crippen molar-refractivity contribution in [2.75, 3.05) is 45.9 Å². The number of hydrogen-bond acceptors (Lipinski definition) is 5. The van der Waals surface area contributed by atoms with Crippen molar-refractivity contribution in [3.63, 3.8) is 0 Å². The predicted octanol–water partition coefficient (Wildman–Crippen LogP) is 1.63. The Labute approximate surface area is 145 Å². The summed E-state index contributed by atoms with van der Waals surface area (Å²) in [5.41, 5.74) is 0. The van der Waals surface area contributed by atoms with Crippen molar-refractivity contribution in [3.8, 4) is 0 Å². The molecule has 1 atom stereocenters. The largest absolute Gasteiger partial charge is 0.379 e. The van der Waals surface area contributed by atoms with Crippen LogP contribution in [0.3, 0.4) is 0 Å². The van der Waals surface area contributed by atoms with E-state index in [1.807, 2.05) is 0 Å². The molecule has 0 unspecified atom stereocenters. The molecule has 2 aliphatic heterocycles. The van der Waals surface area contributed by atoms with E-state index in [1.165, 1.54) is 57.6 Å². The Morgan fingerprint density at radius 1 is 1.00 bits per heavy atom. The SMILES string of the molecule is Cn1c(CN2CCOCC2)nnc1[C@@H]1CCCN(CC2CCC2)C1. The molecule has 1 aromatic heterocycles. The topological polar surface area (TPSA) is 46.4 Å². The first-order chi connectivity index (χ1) is 11.8. The van der Waals surface area contributed by atoms with E-state index in [9.17, 15) is 0 Å². The lowest BCUT2D eigenvalue weighted by atomic mass is 9.84. The Morgan fingerprint density at radius 3 is 2.58 bits per heavy atom. The average Bonchev–Trinajstić information content (AvgIpc) is 2.93. The van der Waals surface area contributed by atoms with Crippen LogP contribution in [-0.2, 0) is 18.3 Å². The molecule has 4 rings (SSSR count). The highest BCUT2D eigenvalue weighted by Gasteiger charge is 2.29. The van der Waals surface area contributed by atoms with Gasteiger partial charge in [0.1, 0.15) is 11.6 Å². The van der Waals surface area contributed by atoms with Crippen molar-refractivity contribution in [3.05, 3.63) is 11.6 Å². The molecule has 3 aliphatic rings. The molecule has 0 amide bonds. The van der Waals surface area contributed by atoms with E-state index in [-0.39, 0.29) is 0 Å². The van der Waals surface area contributed by atoms with Gasteiger partial charge in [-0.15, -0.1) is 10.2 Å². The van der Waals surface area contributed by atoms with Crippen LogP contribution < -0.4 is 0 Å². The second-order valence-electron chi connectivity index (χ2n) is 7.82. The quantitative estimate of drug-likeness (QED) is 0.819. The molecular formula is C18H31N5O. The number of piperidine rings is 1. The zero-order valence-electron chi connectivity index (χ0n) is 15.0. The fourth-order valence-corrected chi connectivity index (χ4v) is 4.30. The van der Waals surface area contributed by atoms with Crippen molar-refractivity contribution >= 4 is 0 Å². The van der Waals surface area contributed by atoms with E-state index in [0.717, 1.165) is 44.6 Å². The molecule has 24 heavy (non-hydrogen) atoms. The number of hydrogen-bond donors (Lipinski definition) is 0. The highest BCUT2D eigenvalue weighted by molar-refractivity contribution is 5.04. The van der Waals surface area contributed by atoms with Gasteiger partial charge in [0, 0.05) is 39.1 Å². The Morgan fingerprint density at radius 2 is 1.83 bits per heavy atom. The van der Waals surface area contributed by atoms with Gasteiger partial charge in [-0.1, -0.05) is 6.42 Å². The van der Waals surface area contributed by atoms with Gasteiger partial charge in [0.2, 0.25) is 0 Å². The van der Waals surface area contributed by atoms with E-state index in [4.69, 9.17) is 4.74 Å². The first-order valence-electron chi connectivity index (χ1n) is 9.70. The zero-order valence-corrected chi connectivity index (χ0v) is 15.0. The molecule has 1 aromatic rings. The number of nitrogens with zero attached hydrogens (tertiary/aromatic N) is 5. The third-order valence-electron chi connectivity index (χ3n) is 6.08. The number of morpholine rings is 1. The van der Waals surface area contributed by atoms with Gasteiger partial charge in [0.05, 0.1) is 19.8 Å². The maximum absolute atomic E-state index is 5.44. The number of ether oxygens (including phenoxy) is 1. The van der Waals surface area contributed by atoms with Crippen LogP contribution in [0.2, 0.25) is 0 Å². The Kier molecular flexibility index (Phi) is 5.15. The summed E-state index contributed by atoms with van der Waals surface area (Å²) in [4.78, 5) is 5.09. The van der Waals surface area contributed by atoms with Crippen LogP contribution >= 0.6 is 0 Å². The minimum atomic E-state index is 0.551. The molecule has 134 valence electrons. The second-order valence-corrected chi connectivity index (χ2v) is 7.82. The number of aromatic nitrogens is 3. The zero-order chi connectivity index (χ0) is 16.4. The van der Waals surface area contributed by atoms with Crippen molar-refractivity contribution in [1.82, 2.24) is 24.6 Å². The molecule has 0 radical (unpaired) electrons. The van der Waals surface area contributed by atoms with E-state index in [0.29, 0.717) is 5.92 Å². The summed E-state index contributed by atoms with van der Waals surface area (Å²) >= 11 is 0. The lowest BCUT2D eigenvalue weighted by Gasteiger charge is -2.37. The molecule has 2 saturated heterocycles. The molecule has 0 bridgehead atoms. The van der Waals surface area contributed by atoms with E-state index < -0.39 is 0 Å². The van der Waals surface area contributed by atoms with Gasteiger partial charge in [0.15, 0.2) is 0 Å². The van der Waals surface area contributed by atoms with Crippen molar-refractivity contribution in [2.45, 2.75) is 44.6 Å². The Balaban J connectivity index is 1.37. The summed E-state index contributed by atoms with van der Waals surface area (Å²) in [5, 5.41) is 9.09. The first-order valence-corrected chi connectivity index (χ1v) is 9.70. The summed E-state index contributed by atoms with van der Waals surface area (Å²) in [6.07, 6.45) is 6.87.